The summed E-state index contributed by atoms with van der Waals surface area (Å²) in [7, 11) is 0. The maximum absolute atomic E-state index is 13.2. The van der Waals surface area contributed by atoms with Crippen LogP contribution < -0.4 is 21.0 Å². The van der Waals surface area contributed by atoms with Crippen LogP contribution in [0.25, 0.3) is 0 Å². The summed E-state index contributed by atoms with van der Waals surface area (Å²) in [4.78, 5) is 41.3. The first kappa shape index (κ1) is 37.4. The summed E-state index contributed by atoms with van der Waals surface area (Å²) in [6.07, 6.45) is 5.05. The van der Waals surface area contributed by atoms with Gasteiger partial charge in [0.25, 0.3) is 0 Å². The van der Waals surface area contributed by atoms with E-state index >= 15 is 0 Å². The van der Waals surface area contributed by atoms with Crippen LogP contribution in [0.4, 0.5) is 5.69 Å². The number of likely N-dealkylation sites (tertiary alicyclic amines) is 1. The van der Waals surface area contributed by atoms with Crippen molar-refractivity contribution in [3.63, 3.8) is 0 Å². The van der Waals surface area contributed by atoms with Crippen LogP contribution in [0.5, 0.6) is 0 Å². The second kappa shape index (κ2) is 17.9. The molecule has 0 aliphatic carbocycles. The Morgan fingerprint density at radius 1 is 0.827 bits per heavy atom. The number of aliphatic hydroxyl groups is 1. The van der Waals surface area contributed by atoms with Crippen molar-refractivity contribution in [2.75, 3.05) is 31.2 Å². The minimum absolute atomic E-state index is 0.0148. The number of carbonyl (C=O) groups is 3. The SMILES string of the molecule is O=C(CCCCCCC(=O)NCc1ccc([C@@H]2O[C@H](CN3CCC4(CC3)C(=O)NCN4c3ccccc3)C[C@H](c3ccc(CO)cc3)O2)cc1)NO. The smallest absolute Gasteiger partial charge is 0.247 e. The Balaban J connectivity index is 1.05. The zero-order valence-electron chi connectivity index (χ0n) is 29.7. The molecular formula is C40H51N5O7. The Bertz CT molecular complexity index is 1610. The lowest BCUT2D eigenvalue weighted by Gasteiger charge is -2.45. The zero-order valence-corrected chi connectivity index (χ0v) is 29.7. The molecular weight excluding hydrogens is 662 g/mol. The summed E-state index contributed by atoms with van der Waals surface area (Å²) < 4.78 is 13.2. The van der Waals surface area contributed by atoms with E-state index in [0.717, 1.165) is 79.7 Å². The van der Waals surface area contributed by atoms with E-state index in [2.05, 4.69) is 32.6 Å². The van der Waals surface area contributed by atoms with Crippen molar-refractivity contribution >= 4 is 23.4 Å². The number of carbonyl (C=O) groups excluding carboxylic acids is 3. The number of hydrogen-bond acceptors (Lipinski definition) is 9. The minimum Gasteiger partial charge on any atom is -0.392 e. The van der Waals surface area contributed by atoms with Gasteiger partial charge in [-0.15, -0.1) is 0 Å². The van der Waals surface area contributed by atoms with Gasteiger partial charge in [-0.3, -0.25) is 19.6 Å². The van der Waals surface area contributed by atoms with Gasteiger partial charge in [-0.1, -0.05) is 79.6 Å². The molecule has 3 aromatic rings. The van der Waals surface area contributed by atoms with Crippen LogP contribution in [0.2, 0.25) is 0 Å². The van der Waals surface area contributed by atoms with Gasteiger partial charge in [0.15, 0.2) is 6.29 Å². The number of nitrogens with zero attached hydrogens (tertiary/aromatic N) is 2. The van der Waals surface area contributed by atoms with Crippen LogP contribution in [0.3, 0.4) is 0 Å². The highest BCUT2D eigenvalue weighted by Crippen LogP contribution is 2.40. The summed E-state index contributed by atoms with van der Waals surface area (Å²) in [6, 6.07) is 26.0. The number of hydrogen-bond donors (Lipinski definition) is 5. The molecule has 0 bridgehead atoms. The molecule has 1 spiro atoms. The highest BCUT2D eigenvalue weighted by Gasteiger charge is 2.50. The lowest BCUT2D eigenvalue weighted by molar-refractivity contribution is -0.253. The Kier molecular flexibility index (Phi) is 12.9. The van der Waals surface area contributed by atoms with Crippen LogP contribution >= 0.6 is 0 Å². The molecule has 52 heavy (non-hydrogen) atoms. The van der Waals surface area contributed by atoms with Gasteiger partial charge in [-0.25, -0.2) is 5.48 Å². The van der Waals surface area contributed by atoms with E-state index in [1.54, 1.807) is 5.48 Å². The molecule has 6 rings (SSSR count). The van der Waals surface area contributed by atoms with E-state index in [0.29, 0.717) is 32.5 Å². The van der Waals surface area contributed by atoms with Crippen LogP contribution in [-0.4, -0.2) is 70.9 Å². The second-order valence-corrected chi connectivity index (χ2v) is 14.1. The van der Waals surface area contributed by atoms with Gasteiger partial charge in [0.1, 0.15) is 5.54 Å². The zero-order chi connectivity index (χ0) is 36.3. The number of anilines is 1. The topological polar surface area (TPSA) is 153 Å². The van der Waals surface area contributed by atoms with Gasteiger partial charge in [0, 0.05) is 56.7 Å². The highest BCUT2D eigenvalue weighted by atomic mass is 16.7. The average molecular weight is 714 g/mol. The number of piperidine rings is 1. The summed E-state index contributed by atoms with van der Waals surface area (Å²) in [6.45, 7) is 3.20. The third-order valence-corrected chi connectivity index (χ3v) is 10.6. The fraction of sp³-hybridized carbons (Fsp3) is 0.475. The van der Waals surface area contributed by atoms with Crippen molar-refractivity contribution in [1.82, 2.24) is 21.0 Å². The summed E-state index contributed by atoms with van der Waals surface area (Å²) >= 11 is 0. The van der Waals surface area contributed by atoms with Crippen LogP contribution in [0.15, 0.2) is 78.9 Å². The lowest BCUT2D eigenvalue weighted by atomic mass is 9.85. The average Bonchev–Trinajstić information content (AvgIpc) is 3.50. The third-order valence-electron chi connectivity index (χ3n) is 10.6. The van der Waals surface area contributed by atoms with Gasteiger partial charge in [0.05, 0.1) is 25.5 Å². The molecule has 3 amide bonds. The Hall–Kier alpha value is -4.33. The molecule has 5 N–H and O–H groups in total. The predicted octanol–water partition coefficient (Wildman–Crippen LogP) is 4.62. The molecule has 3 aliphatic heterocycles. The molecule has 278 valence electrons. The van der Waals surface area contributed by atoms with Crippen molar-refractivity contribution in [1.29, 1.82) is 0 Å². The molecule has 3 aliphatic rings. The lowest BCUT2D eigenvalue weighted by Crippen LogP contribution is -2.57. The molecule has 0 saturated carbocycles. The number of unbranched alkanes of at least 4 members (excludes halogenated alkanes) is 3. The quantitative estimate of drug-likeness (QED) is 0.0864. The number of aliphatic hydroxyl groups excluding tert-OH is 1. The van der Waals surface area contributed by atoms with Crippen LogP contribution in [0, 0.1) is 0 Å². The molecule has 0 unspecified atom stereocenters. The largest absolute Gasteiger partial charge is 0.392 e. The van der Waals surface area contributed by atoms with Gasteiger partial charge in [0.2, 0.25) is 17.7 Å². The van der Waals surface area contributed by atoms with E-state index in [1.165, 1.54) is 0 Å². The predicted molar refractivity (Wildman–Crippen MR) is 195 cm³/mol. The number of hydroxylamine groups is 1. The maximum Gasteiger partial charge on any atom is 0.247 e. The molecule has 3 atom stereocenters. The molecule has 3 aromatic carbocycles. The Morgan fingerprint density at radius 3 is 2.15 bits per heavy atom. The van der Waals surface area contributed by atoms with E-state index in [1.807, 2.05) is 66.7 Å². The van der Waals surface area contributed by atoms with Crippen LogP contribution in [-0.2, 0) is 37.0 Å². The Morgan fingerprint density at radius 2 is 1.48 bits per heavy atom. The summed E-state index contributed by atoms with van der Waals surface area (Å²) in [5.74, 6) is -0.298. The Labute approximate surface area is 305 Å². The number of ether oxygens (including phenoxy) is 2. The number of amides is 3. The molecule has 3 saturated heterocycles. The standard InChI is InChI=1S/C40H51N5O7/c46-27-30-14-16-31(17-15-30)35-24-34(26-44-22-20-40(21-23-44)39(49)42-28-45(40)33-8-4-3-5-9-33)51-38(52-35)32-18-12-29(13-19-32)25-41-36(47)10-6-1-2-7-11-37(48)43-50/h3-5,8-9,12-19,34-35,38,46,50H,1-2,6-7,10-11,20-28H2,(H,41,47)(H,42,49)(H,43,48)/t34-,35+,38+/m0/s1. The number of nitrogens with one attached hydrogen (secondary N) is 3. The first-order valence-electron chi connectivity index (χ1n) is 18.5. The van der Waals surface area contributed by atoms with Gasteiger partial charge < -0.3 is 35.0 Å². The minimum atomic E-state index is -0.585. The molecule has 12 heteroatoms. The fourth-order valence-electron chi connectivity index (χ4n) is 7.52. The highest BCUT2D eigenvalue weighted by molar-refractivity contribution is 5.93. The van der Waals surface area contributed by atoms with Crippen molar-refractivity contribution in [2.24, 2.45) is 0 Å². The second-order valence-electron chi connectivity index (χ2n) is 14.1. The molecule has 0 aromatic heterocycles. The van der Waals surface area contributed by atoms with Crippen molar-refractivity contribution in [2.45, 2.75) is 95.0 Å². The van der Waals surface area contributed by atoms with E-state index in [4.69, 9.17) is 14.7 Å². The summed E-state index contributed by atoms with van der Waals surface area (Å²) in [5.41, 5.74) is 5.89. The summed E-state index contributed by atoms with van der Waals surface area (Å²) in [5, 5.41) is 24.2. The maximum atomic E-state index is 13.2. The number of benzene rings is 3. The normalized spacial score (nSPS) is 21.5. The van der Waals surface area contributed by atoms with E-state index < -0.39 is 11.8 Å². The van der Waals surface area contributed by atoms with Gasteiger partial charge >= 0.3 is 0 Å². The molecule has 12 nitrogen and oxygen atoms in total. The first-order valence-corrected chi connectivity index (χ1v) is 18.5. The van der Waals surface area contributed by atoms with Crippen LogP contribution in [0.1, 0.15) is 92.4 Å². The number of rotatable bonds is 15. The van der Waals surface area contributed by atoms with E-state index in [-0.39, 0.29) is 43.0 Å². The molecule has 3 fully saturated rings. The van der Waals surface area contributed by atoms with Crippen molar-refractivity contribution in [3.8, 4) is 0 Å². The molecule has 0 radical (unpaired) electrons. The fourth-order valence-corrected chi connectivity index (χ4v) is 7.52. The third kappa shape index (κ3) is 9.36. The number of para-hydroxylation sites is 1. The van der Waals surface area contributed by atoms with Gasteiger partial charge in [-0.05, 0) is 54.5 Å². The first-order chi connectivity index (χ1) is 25.4. The van der Waals surface area contributed by atoms with Gasteiger partial charge in [-0.2, -0.15) is 0 Å². The molecule has 3 heterocycles. The monoisotopic (exact) mass is 713 g/mol. The van der Waals surface area contributed by atoms with E-state index in [9.17, 15) is 19.5 Å². The van der Waals surface area contributed by atoms with Crippen molar-refractivity contribution < 1.29 is 34.2 Å². The van der Waals surface area contributed by atoms with Crippen molar-refractivity contribution in [3.05, 3.63) is 101 Å².